The summed E-state index contributed by atoms with van der Waals surface area (Å²) in [4.78, 5) is 10.8. The highest BCUT2D eigenvalue weighted by Crippen LogP contribution is 2.15. The van der Waals surface area contributed by atoms with Crippen LogP contribution in [0.1, 0.15) is 39.0 Å². The van der Waals surface area contributed by atoms with Crippen molar-refractivity contribution in [3.63, 3.8) is 0 Å². The van der Waals surface area contributed by atoms with Gasteiger partial charge in [0.2, 0.25) is 0 Å². The van der Waals surface area contributed by atoms with Crippen molar-refractivity contribution in [3.05, 3.63) is 0 Å². The molecule has 0 saturated carbocycles. The topological polar surface area (TPSA) is 26.3 Å². The smallest absolute Gasteiger partial charge is 0.306 e. The monoisotopic (exact) mass is 166 g/mol. The van der Waals surface area contributed by atoms with Crippen molar-refractivity contribution in [2.24, 2.45) is 0 Å². The molecule has 0 aliphatic carbocycles. The van der Waals surface area contributed by atoms with Crippen molar-refractivity contribution < 1.29 is 9.53 Å². The molecule has 1 heterocycles. The molecule has 0 amide bonds. The standard InChI is InChI=1S/C10H14O2/c1-2-3-4-6-9-7-5-8-10(11)12-9/h9H,2,5-8H2,1H3/t9-/m1/s1. The Balaban J connectivity index is 2.27. The highest BCUT2D eigenvalue weighted by molar-refractivity contribution is 5.70. The maximum Gasteiger partial charge on any atom is 0.306 e. The largest absolute Gasteiger partial charge is 0.461 e. The third-order valence-electron chi connectivity index (χ3n) is 1.84. The fourth-order valence-corrected chi connectivity index (χ4v) is 1.23. The second-order valence-corrected chi connectivity index (χ2v) is 2.92. The van der Waals surface area contributed by atoms with Crippen LogP contribution in [0.5, 0.6) is 0 Å². The summed E-state index contributed by atoms with van der Waals surface area (Å²) in [5.74, 6) is 5.90. The summed E-state index contributed by atoms with van der Waals surface area (Å²) in [7, 11) is 0. The molecule has 0 radical (unpaired) electrons. The first-order valence-electron chi connectivity index (χ1n) is 4.48. The van der Waals surface area contributed by atoms with Crippen LogP contribution in [0, 0.1) is 11.8 Å². The number of esters is 1. The Labute approximate surface area is 73.3 Å². The zero-order valence-electron chi connectivity index (χ0n) is 7.43. The minimum Gasteiger partial charge on any atom is -0.461 e. The van der Waals surface area contributed by atoms with E-state index < -0.39 is 0 Å². The van der Waals surface area contributed by atoms with Crippen LogP contribution in [0.25, 0.3) is 0 Å². The third kappa shape index (κ3) is 2.96. The molecule has 1 fully saturated rings. The van der Waals surface area contributed by atoms with Gasteiger partial charge in [-0.1, -0.05) is 12.8 Å². The normalized spacial score (nSPS) is 22.4. The van der Waals surface area contributed by atoms with Crippen LogP contribution in [-0.4, -0.2) is 12.1 Å². The molecule has 2 heteroatoms. The van der Waals surface area contributed by atoms with Crippen molar-refractivity contribution in [1.29, 1.82) is 0 Å². The highest BCUT2D eigenvalue weighted by Gasteiger charge is 2.18. The Hall–Kier alpha value is -0.970. The van der Waals surface area contributed by atoms with E-state index in [0.29, 0.717) is 12.8 Å². The minimum absolute atomic E-state index is 0.0605. The van der Waals surface area contributed by atoms with Crippen LogP contribution in [0.15, 0.2) is 0 Å². The number of carbonyl (C=O) groups is 1. The molecule has 1 aliphatic heterocycles. The highest BCUT2D eigenvalue weighted by atomic mass is 16.5. The Bertz CT molecular complexity index is 210. The van der Waals surface area contributed by atoms with Crippen LogP contribution in [0.2, 0.25) is 0 Å². The molecule has 0 aromatic carbocycles. The average molecular weight is 166 g/mol. The number of rotatable bonds is 1. The fourth-order valence-electron chi connectivity index (χ4n) is 1.23. The van der Waals surface area contributed by atoms with Gasteiger partial charge in [-0.2, -0.15) is 0 Å². The molecule has 66 valence electrons. The van der Waals surface area contributed by atoms with Crippen LogP contribution in [0.3, 0.4) is 0 Å². The first kappa shape index (κ1) is 9.12. The molecular formula is C10H14O2. The van der Waals surface area contributed by atoms with Crippen molar-refractivity contribution in [3.8, 4) is 11.8 Å². The second-order valence-electron chi connectivity index (χ2n) is 2.92. The summed E-state index contributed by atoms with van der Waals surface area (Å²) in [5, 5.41) is 0. The van der Waals surface area contributed by atoms with E-state index in [1.54, 1.807) is 0 Å². The van der Waals surface area contributed by atoms with Gasteiger partial charge in [-0.3, -0.25) is 4.79 Å². The molecule has 2 nitrogen and oxygen atoms in total. The maximum atomic E-state index is 10.8. The molecule has 1 atom stereocenters. The number of carbonyl (C=O) groups excluding carboxylic acids is 1. The first-order valence-corrected chi connectivity index (χ1v) is 4.48. The van der Waals surface area contributed by atoms with Crippen LogP contribution in [0.4, 0.5) is 0 Å². The van der Waals surface area contributed by atoms with Crippen LogP contribution >= 0.6 is 0 Å². The minimum atomic E-state index is -0.0652. The summed E-state index contributed by atoms with van der Waals surface area (Å²) < 4.78 is 5.09. The lowest BCUT2D eigenvalue weighted by atomic mass is 10.1. The summed E-state index contributed by atoms with van der Waals surface area (Å²) in [6, 6.07) is 0. The lowest BCUT2D eigenvalue weighted by molar-refractivity contribution is -0.153. The SMILES string of the molecule is CCC#CC[C@@H]1CCCC(=O)O1. The van der Waals surface area contributed by atoms with Gasteiger partial charge in [0.05, 0.1) is 0 Å². The van der Waals surface area contributed by atoms with E-state index in [0.717, 1.165) is 19.3 Å². The van der Waals surface area contributed by atoms with Crippen molar-refractivity contribution in [2.75, 3.05) is 0 Å². The van der Waals surface area contributed by atoms with E-state index >= 15 is 0 Å². The summed E-state index contributed by atoms with van der Waals surface area (Å²) >= 11 is 0. The van der Waals surface area contributed by atoms with E-state index in [-0.39, 0.29) is 12.1 Å². The van der Waals surface area contributed by atoms with Crippen molar-refractivity contribution >= 4 is 5.97 Å². The van der Waals surface area contributed by atoms with Gasteiger partial charge in [-0.25, -0.2) is 0 Å². The summed E-state index contributed by atoms with van der Waals surface area (Å²) in [6.07, 6.45) is 4.16. The average Bonchev–Trinajstić information content (AvgIpc) is 2.05. The molecule has 1 saturated heterocycles. The van der Waals surface area contributed by atoms with Gasteiger partial charge in [0.1, 0.15) is 6.10 Å². The van der Waals surface area contributed by atoms with Gasteiger partial charge in [-0.05, 0) is 12.8 Å². The molecule has 0 aromatic rings. The molecule has 12 heavy (non-hydrogen) atoms. The van der Waals surface area contributed by atoms with Gasteiger partial charge in [0.25, 0.3) is 0 Å². The zero-order valence-corrected chi connectivity index (χ0v) is 7.43. The van der Waals surface area contributed by atoms with Gasteiger partial charge in [-0.15, -0.1) is 5.92 Å². The van der Waals surface area contributed by atoms with Crippen LogP contribution in [-0.2, 0) is 9.53 Å². The van der Waals surface area contributed by atoms with E-state index in [4.69, 9.17) is 4.74 Å². The molecule has 0 N–H and O–H groups in total. The molecule has 0 spiro atoms. The second kappa shape index (κ2) is 4.82. The van der Waals surface area contributed by atoms with Crippen molar-refractivity contribution in [1.82, 2.24) is 0 Å². The molecule has 0 unspecified atom stereocenters. The van der Waals surface area contributed by atoms with Crippen molar-refractivity contribution in [2.45, 2.75) is 45.1 Å². The Morgan fingerprint density at radius 3 is 3.08 bits per heavy atom. The quantitative estimate of drug-likeness (QED) is 0.439. The number of hydrogen-bond acceptors (Lipinski definition) is 2. The predicted octanol–water partition coefficient (Wildman–Crippen LogP) is 1.89. The Morgan fingerprint density at radius 2 is 2.42 bits per heavy atom. The van der Waals surface area contributed by atoms with E-state index in [1.807, 2.05) is 6.92 Å². The predicted molar refractivity (Wildman–Crippen MR) is 46.4 cm³/mol. The number of ether oxygens (including phenoxy) is 1. The van der Waals surface area contributed by atoms with Gasteiger partial charge in [0, 0.05) is 19.3 Å². The fraction of sp³-hybridized carbons (Fsp3) is 0.700. The zero-order chi connectivity index (χ0) is 8.81. The first-order chi connectivity index (χ1) is 5.83. The van der Waals surface area contributed by atoms with Gasteiger partial charge >= 0.3 is 5.97 Å². The Kier molecular flexibility index (Phi) is 3.66. The van der Waals surface area contributed by atoms with Gasteiger partial charge < -0.3 is 4.74 Å². The Morgan fingerprint density at radius 1 is 1.58 bits per heavy atom. The summed E-state index contributed by atoms with van der Waals surface area (Å²) in [5.41, 5.74) is 0. The molecular weight excluding hydrogens is 152 g/mol. The molecule has 0 aromatic heterocycles. The lowest BCUT2D eigenvalue weighted by Crippen LogP contribution is -2.22. The van der Waals surface area contributed by atoms with E-state index in [9.17, 15) is 4.79 Å². The van der Waals surface area contributed by atoms with E-state index in [1.165, 1.54) is 0 Å². The third-order valence-corrected chi connectivity index (χ3v) is 1.84. The number of hydrogen-bond donors (Lipinski definition) is 0. The lowest BCUT2D eigenvalue weighted by Gasteiger charge is -2.19. The molecule has 0 bridgehead atoms. The summed E-state index contributed by atoms with van der Waals surface area (Å²) in [6.45, 7) is 2.01. The van der Waals surface area contributed by atoms with Gasteiger partial charge in [0.15, 0.2) is 0 Å². The van der Waals surface area contributed by atoms with E-state index in [2.05, 4.69) is 11.8 Å². The van der Waals surface area contributed by atoms with Crippen LogP contribution < -0.4 is 0 Å². The molecule has 1 aliphatic rings. The number of cyclic esters (lactones) is 1. The maximum absolute atomic E-state index is 10.8. The molecule has 1 rings (SSSR count).